The predicted molar refractivity (Wildman–Crippen MR) is 131 cm³/mol. The van der Waals surface area contributed by atoms with Crippen LogP contribution in [-0.4, -0.2) is 27.6 Å². The minimum atomic E-state index is -0.0882. The van der Waals surface area contributed by atoms with Crippen molar-refractivity contribution in [1.29, 1.82) is 0 Å². The second-order valence-electron chi connectivity index (χ2n) is 8.23. The number of aromatic amines is 1. The zero-order valence-corrected chi connectivity index (χ0v) is 19.0. The Kier molecular flexibility index (Phi) is 6.64. The lowest BCUT2D eigenvalue weighted by atomic mass is 10.0. The van der Waals surface area contributed by atoms with Crippen molar-refractivity contribution < 1.29 is 4.79 Å². The van der Waals surface area contributed by atoms with E-state index in [1.807, 2.05) is 18.2 Å². The molecule has 0 bridgehead atoms. The standard InChI is InChI=1S/C27H30N4O/c1-4-6-7-16-28-27(32)22-17-23(20-12-8-18(3)9-13-20)29-26-24(22)25(30-31-26)21-14-10-19(5-2)11-15-21/h8-15,17H,4-7,16H2,1-3H3,(H,28,32)(H,29,30,31). The summed E-state index contributed by atoms with van der Waals surface area (Å²) in [6.45, 7) is 7.01. The number of carbonyl (C=O) groups excluding carboxylic acids is 1. The van der Waals surface area contributed by atoms with Crippen LogP contribution in [0.2, 0.25) is 0 Å². The average Bonchev–Trinajstić information content (AvgIpc) is 3.25. The Bertz CT molecular complexity index is 1210. The molecule has 0 fully saturated rings. The summed E-state index contributed by atoms with van der Waals surface area (Å²) in [6.07, 6.45) is 4.17. The predicted octanol–water partition coefficient (Wildman–Crippen LogP) is 6.08. The SMILES string of the molecule is CCCCCNC(=O)c1cc(-c2ccc(C)cc2)nc2n[nH]c(-c3ccc(CC)cc3)c12. The summed E-state index contributed by atoms with van der Waals surface area (Å²) < 4.78 is 0. The molecular formula is C27H30N4O. The lowest BCUT2D eigenvalue weighted by molar-refractivity contribution is 0.0954. The van der Waals surface area contributed by atoms with Gasteiger partial charge in [0.15, 0.2) is 5.65 Å². The van der Waals surface area contributed by atoms with E-state index in [4.69, 9.17) is 4.98 Å². The summed E-state index contributed by atoms with van der Waals surface area (Å²) in [4.78, 5) is 18.0. The van der Waals surface area contributed by atoms with Gasteiger partial charge in [0.05, 0.1) is 22.3 Å². The Labute approximate surface area is 189 Å². The van der Waals surface area contributed by atoms with Crippen molar-refractivity contribution in [2.75, 3.05) is 6.54 Å². The number of nitrogens with zero attached hydrogens (tertiary/aromatic N) is 2. The Balaban J connectivity index is 1.81. The highest BCUT2D eigenvalue weighted by Gasteiger charge is 2.20. The smallest absolute Gasteiger partial charge is 0.252 e. The molecule has 0 saturated carbocycles. The van der Waals surface area contributed by atoms with E-state index < -0.39 is 0 Å². The van der Waals surface area contributed by atoms with Crippen molar-refractivity contribution in [3.63, 3.8) is 0 Å². The maximum atomic E-state index is 13.3. The van der Waals surface area contributed by atoms with E-state index in [-0.39, 0.29) is 5.91 Å². The van der Waals surface area contributed by atoms with Gasteiger partial charge in [-0.1, -0.05) is 80.8 Å². The topological polar surface area (TPSA) is 70.7 Å². The van der Waals surface area contributed by atoms with Gasteiger partial charge < -0.3 is 5.32 Å². The monoisotopic (exact) mass is 426 g/mol. The van der Waals surface area contributed by atoms with Crippen molar-refractivity contribution in [3.05, 3.63) is 71.3 Å². The van der Waals surface area contributed by atoms with E-state index in [0.29, 0.717) is 17.8 Å². The molecule has 0 saturated heterocycles. The highest BCUT2D eigenvalue weighted by Crippen LogP contribution is 2.31. The normalized spacial score (nSPS) is 11.1. The van der Waals surface area contributed by atoms with E-state index in [1.54, 1.807) is 0 Å². The number of hydrogen-bond acceptors (Lipinski definition) is 3. The molecule has 0 unspecified atom stereocenters. The van der Waals surface area contributed by atoms with E-state index >= 15 is 0 Å². The summed E-state index contributed by atoms with van der Waals surface area (Å²) in [5, 5.41) is 11.5. The van der Waals surface area contributed by atoms with Gasteiger partial charge in [-0.15, -0.1) is 0 Å². The molecule has 0 aliphatic rings. The third kappa shape index (κ3) is 4.57. The van der Waals surface area contributed by atoms with Crippen molar-refractivity contribution in [2.45, 2.75) is 46.5 Å². The van der Waals surface area contributed by atoms with E-state index in [0.717, 1.165) is 53.6 Å². The summed E-state index contributed by atoms with van der Waals surface area (Å²) in [7, 11) is 0. The third-order valence-corrected chi connectivity index (χ3v) is 5.83. The van der Waals surface area contributed by atoms with Crippen LogP contribution < -0.4 is 5.32 Å². The molecule has 5 nitrogen and oxygen atoms in total. The first-order valence-corrected chi connectivity index (χ1v) is 11.4. The van der Waals surface area contributed by atoms with Crippen LogP contribution in [-0.2, 0) is 6.42 Å². The fourth-order valence-electron chi connectivity index (χ4n) is 3.86. The number of aryl methyl sites for hydroxylation is 2. The molecule has 32 heavy (non-hydrogen) atoms. The number of carbonyl (C=O) groups is 1. The molecule has 4 aromatic rings. The number of pyridine rings is 1. The maximum Gasteiger partial charge on any atom is 0.252 e. The summed E-state index contributed by atoms with van der Waals surface area (Å²) in [5.74, 6) is -0.0882. The lowest BCUT2D eigenvalue weighted by Gasteiger charge is -2.10. The van der Waals surface area contributed by atoms with Crippen molar-refractivity contribution in [2.24, 2.45) is 0 Å². The molecule has 0 aliphatic heterocycles. The zero-order valence-electron chi connectivity index (χ0n) is 19.0. The molecule has 4 rings (SSSR count). The quantitative estimate of drug-likeness (QED) is 0.335. The van der Waals surface area contributed by atoms with Crippen LogP contribution in [0.5, 0.6) is 0 Å². The van der Waals surface area contributed by atoms with Crippen molar-refractivity contribution >= 4 is 16.9 Å². The number of amides is 1. The van der Waals surface area contributed by atoms with Gasteiger partial charge in [-0.05, 0) is 31.4 Å². The number of hydrogen-bond donors (Lipinski definition) is 2. The zero-order chi connectivity index (χ0) is 22.5. The van der Waals surface area contributed by atoms with Gasteiger partial charge >= 0.3 is 0 Å². The molecule has 1 amide bonds. The highest BCUT2D eigenvalue weighted by atomic mass is 16.1. The Morgan fingerprint density at radius 1 is 0.969 bits per heavy atom. The molecule has 0 radical (unpaired) electrons. The van der Waals surface area contributed by atoms with Crippen molar-refractivity contribution in [1.82, 2.24) is 20.5 Å². The molecule has 164 valence electrons. The molecule has 2 N–H and O–H groups in total. The number of nitrogens with one attached hydrogen (secondary N) is 2. The van der Waals surface area contributed by atoms with Crippen LogP contribution in [0.3, 0.4) is 0 Å². The number of H-pyrrole nitrogens is 1. The Morgan fingerprint density at radius 3 is 2.38 bits per heavy atom. The van der Waals surface area contributed by atoms with E-state index in [1.165, 1.54) is 11.1 Å². The number of aromatic nitrogens is 3. The van der Waals surface area contributed by atoms with Gasteiger partial charge in [-0.2, -0.15) is 5.10 Å². The van der Waals surface area contributed by atoms with Crippen molar-refractivity contribution in [3.8, 4) is 22.5 Å². The second-order valence-corrected chi connectivity index (χ2v) is 8.23. The van der Waals surface area contributed by atoms with Gasteiger partial charge in [-0.3, -0.25) is 9.89 Å². The first-order valence-electron chi connectivity index (χ1n) is 11.4. The minimum Gasteiger partial charge on any atom is -0.352 e. The van der Waals surface area contributed by atoms with Gasteiger partial charge in [0, 0.05) is 17.7 Å². The van der Waals surface area contributed by atoms with Crippen LogP contribution >= 0.6 is 0 Å². The fourth-order valence-corrected chi connectivity index (χ4v) is 3.86. The molecule has 2 aromatic carbocycles. The molecule has 2 heterocycles. The van der Waals surface area contributed by atoms with Gasteiger partial charge in [0.2, 0.25) is 0 Å². The molecule has 0 spiro atoms. The molecular weight excluding hydrogens is 396 g/mol. The van der Waals surface area contributed by atoms with Crippen LogP contribution in [0, 0.1) is 6.92 Å². The minimum absolute atomic E-state index is 0.0882. The Hall–Kier alpha value is -3.47. The summed E-state index contributed by atoms with van der Waals surface area (Å²) in [6, 6.07) is 18.4. The van der Waals surface area contributed by atoms with E-state index in [2.05, 4.69) is 72.7 Å². The van der Waals surface area contributed by atoms with Gasteiger partial charge in [0.1, 0.15) is 0 Å². The number of rotatable bonds is 8. The van der Waals surface area contributed by atoms with Crippen LogP contribution in [0.25, 0.3) is 33.5 Å². The first kappa shape index (κ1) is 21.8. The number of benzene rings is 2. The summed E-state index contributed by atoms with van der Waals surface area (Å²) >= 11 is 0. The largest absolute Gasteiger partial charge is 0.352 e. The van der Waals surface area contributed by atoms with Crippen LogP contribution in [0.15, 0.2) is 54.6 Å². The molecule has 2 aromatic heterocycles. The van der Waals surface area contributed by atoms with Crippen LogP contribution in [0.4, 0.5) is 0 Å². The van der Waals surface area contributed by atoms with E-state index in [9.17, 15) is 4.79 Å². The molecule has 0 atom stereocenters. The van der Waals surface area contributed by atoms with Gasteiger partial charge in [0.25, 0.3) is 5.91 Å². The maximum absolute atomic E-state index is 13.3. The molecule has 0 aliphatic carbocycles. The first-order chi connectivity index (χ1) is 15.6. The summed E-state index contributed by atoms with van der Waals surface area (Å²) in [5.41, 5.74) is 7.14. The average molecular weight is 427 g/mol. The lowest BCUT2D eigenvalue weighted by Crippen LogP contribution is -2.24. The second kappa shape index (κ2) is 9.77. The van der Waals surface area contributed by atoms with Gasteiger partial charge in [-0.25, -0.2) is 4.98 Å². The third-order valence-electron chi connectivity index (χ3n) is 5.83. The fraction of sp³-hybridized carbons (Fsp3) is 0.296. The Morgan fingerprint density at radius 2 is 1.69 bits per heavy atom. The highest BCUT2D eigenvalue weighted by molar-refractivity contribution is 6.10. The van der Waals surface area contributed by atoms with Crippen LogP contribution in [0.1, 0.15) is 54.6 Å². The molecule has 5 heteroatoms. The number of fused-ring (bicyclic) bond motifs is 1. The number of unbranched alkanes of at least 4 members (excludes halogenated alkanes) is 2.